The molecule has 0 aliphatic heterocycles. The van der Waals surface area contributed by atoms with Crippen molar-refractivity contribution < 1.29 is 17.1 Å². The molecule has 17 heavy (non-hydrogen) atoms. The van der Waals surface area contributed by atoms with Crippen molar-refractivity contribution in [2.75, 3.05) is 12.5 Å². The molecule has 0 aromatic heterocycles. The third-order valence-electron chi connectivity index (χ3n) is 2.65. The fourth-order valence-electron chi connectivity index (χ4n) is 1.66. The molecule has 110 valence electrons. The third kappa shape index (κ3) is 23.2. The van der Waals surface area contributed by atoms with Gasteiger partial charge in [-0.25, -0.2) is 0 Å². The van der Waals surface area contributed by atoms with E-state index in [1.54, 1.807) is 25.1 Å². The summed E-state index contributed by atoms with van der Waals surface area (Å²) >= 11 is 0.911. The summed E-state index contributed by atoms with van der Waals surface area (Å²) in [5, 5.41) is 0. The fraction of sp³-hybridized carbons (Fsp3) is 1.00. The smallest absolute Gasteiger partial charge is 0 e. The normalized spacial score (nSPS) is 9.53. The topological polar surface area (TPSA) is 0 Å². The molecule has 0 saturated carbocycles. The Kier molecular flexibility index (Phi) is 31.9. The second-order valence-corrected chi connectivity index (χ2v) is 13.8. The van der Waals surface area contributed by atoms with Gasteiger partial charge in [0.25, 0.3) is 0 Å². The summed E-state index contributed by atoms with van der Waals surface area (Å²) in [5.74, 6) is 0. The standard InChI is InChI=1S/3C4H9.C2H6S.Cu.Sn/c3*1-3-4-2;1-3-2;;/h3*1,3-4H2,2H3;1-2H3;;. The average Bonchev–Trinajstić information content (AvgIpc) is 2.29. The Morgan fingerprint density at radius 1 is 0.706 bits per heavy atom. The number of thioether (sulfide) groups is 1. The van der Waals surface area contributed by atoms with E-state index >= 15 is 0 Å². The van der Waals surface area contributed by atoms with Gasteiger partial charge >= 0.3 is 92.4 Å². The first kappa shape index (κ1) is 23.7. The van der Waals surface area contributed by atoms with Crippen LogP contribution >= 0.6 is 11.8 Å². The molecule has 0 heterocycles. The van der Waals surface area contributed by atoms with Crippen LogP contribution in [0.15, 0.2) is 0 Å². The minimum Gasteiger partial charge on any atom is -0.169 e. The summed E-state index contributed by atoms with van der Waals surface area (Å²) in [6, 6.07) is 0. The molecule has 3 heteroatoms. The van der Waals surface area contributed by atoms with Crippen LogP contribution < -0.4 is 0 Å². The van der Waals surface area contributed by atoms with E-state index in [-0.39, 0.29) is 17.1 Å². The molecule has 0 amide bonds. The van der Waals surface area contributed by atoms with E-state index < -0.39 is 19.8 Å². The molecule has 0 aromatic rings. The van der Waals surface area contributed by atoms with Gasteiger partial charge in [-0.2, -0.15) is 11.8 Å². The first-order chi connectivity index (χ1) is 7.76. The zero-order chi connectivity index (χ0) is 12.6. The van der Waals surface area contributed by atoms with Gasteiger partial charge in [-0.15, -0.1) is 0 Å². The predicted molar refractivity (Wildman–Crippen MR) is 84.3 cm³/mol. The van der Waals surface area contributed by atoms with E-state index in [4.69, 9.17) is 0 Å². The minimum absolute atomic E-state index is 0. The Labute approximate surface area is 133 Å². The molecule has 0 aromatic carbocycles. The molecular formula is C14H33CuSSn. The van der Waals surface area contributed by atoms with Crippen LogP contribution in [0.1, 0.15) is 59.3 Å². The molecular weight excluding hydrogens is 382 g/mol. The quantitative estimate of drug-likeness (QED) is 0.425. The van der Waals surface area contributed by atoms with Gasteiger partial charge in [0.2, 0.25) is 0 Å². The third-order valence-corrected chi connectivity index (χ3v) is 11.7. The van der Waals surface area contributed by atoms with Crippen molar-refractivity contribution in [3.05, 3.63) is 0 Å². The van der Waals surface area contributed by atoms with E-state index in [1.165, 1.54) is 38.5 Å². The van der Waals surface area contributed by atoms with Crippen molar-refractivity contribution in [1.29, 1.82) is 0 Å². The van der Waals surface area contributed by atoms with Crippen LogP contribution in [-0.4, -0.2) is 32.3 Å². The average molecular weight is 416 g/mol. The molecule has 0 nitrogen and oxygen atoms in total. The Morgan fingerprint density at radius 2 is 0.941 bits per heavy atom. The van der Waals surface area contributed by atoms with Crippen LogP contribution in [0.4, 0.5) is 0 Å². The van der Waals surface area contributed by atoms with Gasteiger partial charge in [-0.3, -0.25) is 0 Å². The molecule has 0 rings (SSSR count). The molecule has 0 atom stereocenters. The fourth-order valence-corrected chi connectivity index (χ4v) is 11.1. The Hall–Kier alpha value is 1.67. The molecule has 0 spiro atoms. The second-order valence-electron chi connectivity index (χ2n) is 4.47. The van der Waals surface area contributed by atoms with Crippen LogP contribution in [-0.2, 0) is 17.1 Å². The molecule has 0 saturated heterocycles. The van der Waals surface area contributed by atoms with E-state index in [9.17, 15) is 0 Å². The van der Waals surface area contributed by atoms with Crippen molar-refractivity contribution in [2.45, 2.75) is 72.6 Å². The summed E-state index contributed by atoms with van der Waals surface area (Å²) in [7, 11) is 0. The van der Waals surface area contributed by atoms with Crippen LogP contribution in [0.2, 0.25) is 13.3 Å². The molecule has 0 unspecified atom stereocenters. The molecule has 0 aliphatic carbocycles. The van der Waals surface area contributed by atoms with Gasteiger partial charge in [-0.1, -0.05) is 0 Å². The number of rotatable bonds is 9. The SMILES string of the molecule is CCC[CH2][Sn]([CH2]CCC)[CH2]CCC.CSC.[Cu]. The maximum absolute atomic E-state index is 2.33. The van der Waals surface area contributed by atoms with Crippen LogP contribution in [0.3, 0.4) is 0 Å². The summed E-state index contributed by atoms with van der Waals surface area (Å²) < 4.78 is 5.04. The van der Waals surface area contributed by atoms with Gasteiger partial charge in [-0.05, 0) is 12.5 Å². The van der Waals surface area contributed by atoms with Crippen molar-refractivity contribution in [3.63, 3.8) is 0 Å². The zero-order valence-electron chi connectivity index (χ0n) is 12.6. The predicted octanol–water partition coefficient (Wildman–Crippen LogP) is 5.86. The largest absolute Gasteiger partial charge is 0.169 e. The van der Waals surface area contributed by atoms with Crippen molar-refractivity contribution in [1.82, 2.24) is 0 Å². The van der Waals surface area contributed by atoms with Crippen molar-refractivity contribution >= 4 is 31.5 Å². The summed E-state index contributed by atoms with van der Waals surface area (Å²) in [6.45, 7) is 7.00. The van der Waals surface area contributed by atoms with E-state index in [2.05, 4.69) is 20.8 Å². The number of unbranched alkanes of at least 4 members (excludes halogenated alkanes) is 3. The Morgan fingerprint density at radius 3 is 1.12 bits per heavy atom. The van der Waals surface area contributed by atoms with E-state index in [0.29, 0.717) is 0 Å². The van der Waals surface area contributed by atoms with Gasteiger partial charge in [0.05, 0.1) is 0 Å². The summed E-state index contributed by atoms with van der Waals surface area (Å²) in [6.07, 6.45) is 12.9. The maximum Gasteiger partial charge on any atom is 0 e. The van der Waals surface area contributed by atoms with Gasteiger partial charge in [0, 0.05) is 17.1 Å². The Bertz CT molecular complexity index is 93.4. The second kappa shape index (κ2) is 22.8. The number of hydrogen-bond acceptors (Lipinski definition) is 1. The van der Waals surface area contributed by atoms with Crippen molar-refractivity contribution in [2.24, 2.45) is 0 Å². The van der Waals surface area contributed by atoms with Crippen molar-refractivity contribution in [3.8, 4) is 0 Å². The minimum atomic E-state index is -0.839. The molecule has 0 bridgehead atoms. The molecule has 0 N–H and O–H groups in total. The summed E-state index contributed by atoms with van der Waals surface area (Å²) in [4.78, 5) is 0. The van der Waals surface area contributed by atoms with E-state index in [1.807, 2.05) is 12.5 Å². The Balaban J connectivity index is -0.000000440. The van der Waals surface area contributed by atoms with Crippen LogP contribution in [0.25, 0.3) is 0 Å². The number of hydrogen-bond donors (Lipinski definition) is 0. The van der Waals surface area contributed by atoms with E-state index in [0.717, 1.165) is 0 Å². The zero-order valence-corrected chi connectivity index (χ0v) is 17.2. The monoisotopic (exact) mass is 416 g/mol. The van der Waals surface area contributed by atoms with Gasteiger partial charge in [0.1, 0.15) is 0 Å². The van der Waals surface area contributed by atoms with Gasteiger partial charge in [0.15, 0.2) is 0 Å². The molecule has 2 radical (unpaired) electrons. The van der Waals surface area contributed by atoms with Gasteiger partial charge < -0.3 is 0 Å². The summed E-state index contributed by atoms with van der Waals surface area (Å²) in [5.41, 5.74) is 0. The van der Waals surface area contributed by atoms with Crippen LogP contribution in [0.5, 0.6) is 0 Å². The maximum atomic E-state index is 2.33. The molecule has 0 aliphatic rings. The van der Waals surface area contributed by atoms with Crippen LogP contribution in [0, 0.1) is 0 Å². The molecule has 0 fully saturated rings. The first-order valence-electron chi connectivity index (χ1n) is 7.00. The first-order valence-corrected chi connectivity index (χ1v) is 14.7.